The predicted molar refractivity (Wildman–Crippen MR) is 54.1 cm³/mol. The number of carbonyl (C=O) groups is 1. The molecule has 1 amide bonds. The molecule has 1 N–H and O–H groups in total. The van der Waals surface area contributed by atoms with Crippen LogP contribution in [0.2, 0.25) is 0 Å². The molecule has 1 aliphatic rings. The molecule has 0 saturated carbocycles. The number of hydrogen-bond acceptors (Lipinski definition) is 4. The fourth-order valence-electron chi connectivity index (χ4n) is 1.95. The molecule has 1 aromatic rings. The number of aryl methyl sites for hydroxylation is 1. The number of nitrogens with zero attached hydrogens (tertiary/aromatic N) is 3. The van der Waals surface area contributed by atoms with Crippen molar-refractivity contribution in [2.45, 2.75) is 24.9 Å². The zero-order valence-corrected chi connectivity index (χ0v) is 8.79. The Bertz CT molecular complexity index is 428. The first-order valence-corrected chi connectivity index (χ1v) is 4.98. The van der Waals surface area contributed by atoms with Crippen molar-refractivity contribution in [2.24, 2.45) is 7.05 Å². The molecule has 0 radical (unpaired) electrons. The van der Waals surface area contributed by atoms with Crippen LogP contribution in [0.1, 0.15) is 24.6 Å². The fourth-order valence-corrected chi connectivity index (χ4v) is 1.95. The molecule has 2 atom stereocenters. The zero-order valence-electron chi connectivity index (χ0n) is 8.79. The largest absolute Gasteiger partial charge is 0.341 e. The van der Waals surface area contributed by atoms with E-state index in [1.807, 2.05) is 0 Å². The van der Waals surface area contributed by atoms with Crippen LogP contribution in [0.25, 0.3) is 0 Å². The van der Waals surface area contributed by atoms with E-state index in [-0.39, 0.29) is 23.7 Å². The Morgan fingerprint density at radius 1 is 1.69 bits per heavy atom. The molecule has 0 aliphatic carbocycles. The first-order valence-electron chi connectivity index (χ1n) is 4.98. The van der Waals surface area contributed by atoms with Crippen LogP contribution in [-0.2, 0) is 11.8 Å². The standard InChI is InChI=1S/C9H12N4O3/c1-12-5-10-4-7(12)9-6(13(15)16)2-3-8(14)11-9/h4-6,9H,2-3H2,1H3,(H,11,14)/t6-,9+/m0/s1. The summed E-state index contributed by atoms with van der Waals surface area (Å²) >= 11 is 0. The molecule has 0 bridgehead atoms. The maximum atomic E-state index is 11.3. The van der Waals surface area contributed by atoms with Gasteiger partial charge in [-0.3, -0.25) is 14.9 Å². The lowest BCUT2D eigenvalue weighted by atomic mass is 9.96. The smallest absolute Gasteiger partial charge is 0.239 e. The number of rotatable bonds is 2. The van der Waals surface area contributed by atoms with Crippen molar-refractivity contribution in [3.63, 3.8) is 0 Å². The van der Waals surface area contributed by atoms with E-state index in [4.69, 9.17) is 0 Å². The number of carbonyl (C=O) groups excluding carboxylic acids is 1. The van der Waals surface area contributed by atoms with Gasteiger partial charge in [-0.15, -0.1) is 0 Å². The van der Waals surface area contributed by atoms with Gasteiger partial charge in [0.25, 0.3) is 0 Å². The molecule has 2 heterocycles. The molecule has 0 aromatic carbocycles. The lowest BCUT2D eigenvalue weighted by molar-refractivity contribution is -0.530. The fraction of sp³-hybridized carbons (Fsp3) is 0.556. The highest BCUT2D eigenvalue weighted by Crippen LogP contribution is 2.25. The van der Waals surface area contributed by atoms with Crippen LogP contribution in [0, 0.1) is 10.1 Å². The van der Waals surface area contributed by atoms with Crippen molar-refractivity contribution in [1.29, 1.82) is 0 Å². The van der Waals surface area contributed by atoms with Crippen molar-refractivity contribution >= 4 is 5.91 Å². The minimum absolute atomic E-state index is 0.149. The molecule has 0 spiro atoms. The molecular formula is C9H12N4O3. The van der Waals surface area contributed by atoms with E-state index in [1.54, 1.807) is 24.1 Å². The molecule has 1 fully saturated rings. The van der Waals surface area contributed by atoms with Gasteiger partial charge in [0.05, 0.1) is 18.2 Å². The Morgan fingerprint density at radius 3 is 3.00 bits per heavy atom. The third-order valence-electron chi connectivity index (χ3n) is 2.81. The Kier molecular flexibility index (Phi) is 2.59. The third kappa shape index (κ3) is 1.75. The number of nitro groups is 1. The van der Waals surface area contributed by atoms with E-state index in [0.717, 1.165) is 0 Å². The minimum Gasteiger partial charge on any atom is -0.341 e. The molecule has 0 unspecified atom stereocenters. The van der Waals surface area contributed by atoms with Gasteiger partial charge in [-0.25, -0.2) is 4.98 Å². The predicted octanol–water partition coefficient (Wildman–Crippen LogP) is 0.0165. The van der Waals surface area contributed by atoms with Crippen molar-refractivity contribution < 1.29 is 9.72 Å². The first kappa shape index (κ1) is 10.6. The highest BCUT2D eigenvalue weighted by atomic mass is 16.6. The van der Waals surface area contributed by atoms with Crippen LogP contribution < -0.4 is 5.32 Å². The molecule has 7 heteroatoms. The summed E-state index contributed by atoms with van der Waals surface area (Å²) in [7, 11) is 1.75. The minimum atomic E-state index is -0.770. The van der Waals surface area contributed by atoms with Crippen LogP contribution in [0.5, 0.6) is 0 Å². The van der Waals surface area contributed by atoms with Crippen LogP contribution in [0.15, 0.2) is 12.5 Å². The molecule has 1 aromatic heterocycles. The second-order valence-corrected chi connectivity index (χ2v) is 3.87. The van der Waals surface area contributed by atoms with Crippen molar-refractivity contribution in [2.75, 3.05) is 0 Å². The summed E-state index contributed by atoms with van der Waals surface area (Å²) in [6.07, 6.45) is 3.59. The van der Waals surface area contributed by atoms with Gasteiger partial charge in [0.1, 0.15) is 6.04 Å². The van der Waals surface area contributed by atoms with Crippen LogP contribution in [-0.4, -0.2) is 26.4 Å². The summed E-state index contributed by atoms with van der Waals surface area (Å²) in [5, 5.41) is 13.6. The zero-order chi connectivity index (χ0) is 11.7. The number of piperidine rings is 1. The van der Waals surface area contributed by atoms with E-state index in [9.17, 15) is 14.9 Å². The van der Waals surface area contributed by atoms with Crippen LogP contribution in [0.4, 0.5) is 0 Å². The van der Waals surface area contributed by atoms with Gasteiger partial charge in [-0.2, -0.15) is 0 Å². The summed E-state index contributed by atoms with van der Waals surface area (Å²) < 4.78 is 1.69. The molecular weight excluding hydrogens is 212 g/mol. The van der Waals surface area contributed by atoms with Gasteiger partial charge < -0.3 is 9.88 Å². The van der Waals surface area contributed by atoms with Gasteiger partial charge in [0, 0.05) is 24.8 Å². The van der Waals surface area contributed by atoms with Crippen molar-refractivity contribution in [3.05, 3.63) is 28.3 Å². The Balaban J connectivity index is 2.31. The van der Waals surface area contributed by atoms with Crippen molar-refractivity contribution in [1.82, 2.24) is 14.9 Å². The maximum absolute atomic E-state index is 11.3. The summed E-state index contributed by atoms with van der Waals surface area (Å²) in [5.41, 5.74) is 0.662. The van der Waals surface area contributed by atoms with Gasteiger partial charge >= 0.3 is 0 Å². The first-order chi connectivity index (χ1) is 7.59. The third-order valence-corrected chi connectivity index (χ3v) is 2.81. The average Bonchev–Trinajstić information content (AvgIpc) is 2.63. The number of hydrogen-bond donors (Lipinski definition) is 1. The molecule has 1 saturated heterocycles. The summed E-state index contributed by atoms with van der Waals surface area (Å²) in [4.78, 5) is 25.8. The van der Waals surface area contributed by atoms with Crippen LogP contribution in [0.3, 0.4) is 0 Å². The van der Waals surface area contributed by atoms with Gasteiger partial charge in [0.15, 0.2) is 0 Å². The molecule has 86 valence electrons. The summed E-state index contributed by atoms with van der Waals surface area (Å²) in [6.45, 7) is 0. The second-order valence-electron chi connectivity index (χ2n) is 3.87. The maximum Gasteiger partial charge on any atom is 0.239 e. The summed E-state index contributed by atoms with van der Waals surface area (Å²) in [5.74, 6) is -0.149. The Hall–Kier alpha value is -1.92. The van der Waals surface area contributed by atoms with Crippen molar-refractivity contribution in [3.8, 4) is 0 Å². The Morgan fingerprint density at radius 2 is 2.44 bits per heavy atom. The monoisotopic (exact) mass is 224 g/mol. The summed E-state index contributed by atoms with van der Waals surface area (Å²) in [6, 6.07) is -1.35. The molecule has 16 heavy (non-hydrogen) atoms. The number of imidazole rings is 1. The normalized spacial score (nSPS) is 25.2. The van der Waals surface area contributed by atoms with E-state index in [0.29, 0.717) is 5.69 Å². The van der Waals surface area contributed by atoms with Crippen LogP contribution >= 0.6 is 0 Å². The average molecular weight is 224 g/mol. The molecule has 7 nitrogen and oxygen atoms in total. The quantitative estimate of drug-likeness (QED) is 0.566. The van der Waals surface area contributed by atoms with Gasteiger partial charge in [-0.1, -0.05) is 0 Å². The highest BCUT2D eigenvalue weighted by Gasteiger charge is 2.39. The molecule has 1 aliphatic heterocycles. The molecule has 2 rings (SSSR count). The second kappa shape index (κ2) is 3.92. The Labute approximate surface area is 91.6 Å². The lowest BCUT2D eigenvalue weighted by Gasteiger charge is -2.26. The highest BCUT2D eigenvalue weighted by molar-refractivity contribution is 5.77. The lowest BCUT2D eigenvalue weighted by Crippen LogP contribution is -2.45. The van der Waals surface area contributed by atoms with Gasteiger partial charge in [0.2, 0.25) is 11.9 Å². The van der Waals surface area contributed by atoms with E-state index in [2.05, 4.69) is 10.3 Å². The SMILES string of the molecule is Cn1cncc1[C@@H]1NC(=O)CC[C@@H]1[N+](=O)[O-]. The topological polar surface area (TPSA) is 90.1 Å². The number of nitrogens with one attached hydrogen (secondary N) is 1. The van der Waals surface area contributed by atoms with Gasteiger partial charge in [-0.05, 0) is 0 Å². The van der Waals surface area contributed by atoms with E-state index < -0.39 is 12.1 Å². The van der Waals surface area contributed by atoms with E-state index >= 15 is 0 Å². The number of amides is 1. The van der Waals surface area contributed by atoms with E-state index in [1.165, 1.54) is 0 Å². The number of aromatic nitrogens is 2.